The van der Waals surface area contributed by atoms with E-state index in [1.807, 2.05) is 12.3 Å². The average molecular weight is 186 g/mol. The number of rotatable bonds is 1. The van der Waals surface area contributed by atoms with Crippen molar-refractivity contribution in [2.45, 2.75) is 13.3 Å². The second-order valence-corrected chi connectivity index (χ2v) is 3.70. The van der Waals surface area contributed by atoms with E-state index in [9.17, 15) is 0 Å². The highest BCUT2D eigenvalue weighted by Crippen LogP contribution is 2.27. The summed E-state index contributed by atoms with van der Waals surface area (Å²) in [6.45, 7) is 2.20. The molecule has 0 amide bonds. The molecule has 1 unspecified atom stereocenters. The zero-order valence-electron chi connectivity index (χ0n) is 8.27. The van der Waals surface area contributed by atoms with E-state index in [0.717, 1.165) is 17.7 Å². The number of pyridine rings is 1. The fourth-order valence-corrected chi connectivity index (χ4v) is 1.67. The Bertz CT molecular complexity index is 391. The lowest BCUT2D eigenvalue weighted by molar-refractivity contribution is 0.740. The Labute approximate surface area is 84.2 Å². The van der Waals surface area contributed by atoms with Crippen molar-refractivity contribution >= 4 is 11.3 Å². The molecule has 1 atom stereocenters. The van der Waals surface area contributed by atoms with Crippen LogP contribution < -0.4 is 5.73 Å². The van der Waals surface area contributed by atoms with Crippen LogP contribution in [0.1, 0.15) is 18.9 Å². The maximum atomic E-state index is 5.88. The van der Waals surface area contributed by atoms with E-state index in [0.29, 0.717) is 5.92 Å². The maximum Gasteiger partial charge on any atom is 0.0424 e. The van der Waals surface area contributed by atoms with Crippen LogP contribution in [0, 0.1) is 5.92 Å². The number of nitrogen functional groups attached to an aromatic ring is 1. The van der Waals surface area contributed by atoms with E-state index in [2.05, 4.69) is 30.1 Å². The predicted octanol–water partition coefficient (Wildman–Crippen LogP) is 2.64. The van der Waals surface area contributed by atoms with Crippen molar-refractivity contribution in [3.63, 3.8) is 0 Å². The van der Waals surface area contributed by atoms with Gasteiger partial charge in [0.25, 0.3) is 0 Å². The van der Waals surface area contributed by atoms with E-state index in [-0.39, 0.29) is 0 Å². The third kappa shape index (κ3) is 1.69. The van der Waals surface area contributed by atoms with E-state index in [1.165, 1.54) is 5.57 Å². The van der Waals surface area contributed by atoms with Crippen LogP contribution >= 0.6 is 0 Å². The molecule has 0 radical (unpaired) electrons. The molecule has 2 rings (SSSR count). The van der Waals surface area contributed by atoms with E-state index >= 15 is 0 Å². The van der Waals surface area contributed by atoms with Crippen LogP contribution in [-0.2, 0) is 0 Å². The molecule has 2 heteroatoms. The molecule has 72 valence electrons. The van der Waals surface area contributed by atoms with Gasteiger partial charge in [0, 0.05) is 23.6 Å². The molecule has 2 N–H and O–H groups in total. The third-order valence-corrected chi connectivity index (χ3v) is 2.44. The topological polar surface area (TPSA) is 38.9 Å². The van der Waals surface area contributed by atoms with Gasteiger partial charge < -0.3 is 5.73 Å². The van der Waals surface area contributed by atoms with Crippen molar-refractivity contribution in [3.8, 4) is 0 Å². The van der Waals surface area contributed by atoms with Gasteiger partial charge in [0.2, 0.25) is 0 Å². The summed E-state index contributed by atoms with van der Waals surface area (Å²) in [5, 5.41) is 0. The first-order valence-electron chi connectivity index (χ1n) is 4.85. The van der Waals surface area contributed by atoms with Crippen LogP contribution in [0.15, 0.2) is 36.7 Å². The van der Waals surface area contributed by atoms with Gasteiger partial charge in [-0.05, 0) is 24.0 Å². The van der Waals surface area contributed by atoms with Crippen molar-refractivity contribution in [2.75, 3.05) is 5.73 Å². The number of nitrogens with two attached hydrogens (primary N) is 1. The van der Waals surface area contributed by atoms with Gasteiger partial charge in [0.15, 0.2) is 0 Å². The van der Waals surface area contributed by atoms with Crippen LogP contribution in [-0.4, -0.2) is 4.98 Å². The normalized spacial score (nSPS) is 20.6. The Morgan fingerprint density at radius 2 is 2.36 bits per heavy atom. The smallest absolute Gasteiger partial charge is 0.0424 e. The standard InChI is InChI=1S/C12H14N2/c1-9-3-2-4-10(7-9)11-8-14-6-5-12(11)13/h2,4-9H,3H2,1H3,(H2,13,14). The second kappa shape index (κ2) is 3.66. The number of nitrogens with zero attached hydrogens (tertiary/aromatic N) is 1. The monoisotopic (exact) mass is 186 g/mol. The van der Waals surface area contributed by atoms with Crippen molar-refractivity contribution in [2.24, 2.45) is 5.92 Å². The fraction of sp³-hybridized carbons (Fsp3) is 0.250. The van der Waals surface area contributed by atoms with Gasteiger partial charge in [-0.25, -0.2) is 0 Å². The largest absolute Gasteiger partial charge is 0.398 e. The van der Waals surface area contributed by atoms with Gasteiger partial charge in [-0.3, -0.25) is 4.98 Å². The number of hydrogen-bond donors (Lipinski definition) is 1. The van der Waals surface area contributed by atoms with Crippen molar-refractivity contribution in [1.29, 1.82) is 0 Å². The highest BCUT2D eigenvalue weighted by molar-refractivity contribution is 5.81. The first kappa shape index (κ1) is 9.00. The Balaban J connectivity index is 2.40. The van der Waals surface area contributed by atoms with Crippen molar-refractivity contribution in [3.05, 3.63) is 42.3 Å². The number of allylic oxidation sites excluding steroid dienone is 4. The molecule has 1 aromatic heterocycles. The molecule has 2 nitrogen and oxygen atoms in total. The zero-order valence-corrected chi connectivity index (χ0v) is 8.27. The molecule has 0 spiro atoms. The summed E-state index contributed by atoms with van der Waals surface area (Å²) in [6, 6.07) is 1.84. The SMILES string of the molecule is CC1C=C(c2cnccc2N)C=CC1. The zero-order chi connectivity index (χ0) is 9.97. The molecule has 0 bridgehead atoms. The minimum atomic E-state index is 0.592. The molecule has 0 fully saturated rings. The molecular formula is C12H14N2. The van der Waals surface area contributed by atoms with Crippen LogP contribution in [0.4, 0.5) is 5.69 Å². The lowest BCUT2D eigenvalue weighted by Crippen LogP contribution is -1.98. The Morgan fingerprint density at radius 3 is 3.07 bits per heavy atom. The summed E-state index contributed by atoms with van der Waals surface area (Å²) in [4.78, 5) is 4.09. The van der Waals surface area contributed by atoms with Crippen LogP contribution in [0.25, 0.3) is 5.57 Å². The van der Waals surface area contributed by atoms with E-state index < -0.39 is 0 Å². The molecule has 0 saturated heterocycles. The Morgan fingerprint density at radius 1 is 1.50 bits per heavy atom. The lowest BCUT2D eigenvalue weighted by Gasteiger charge is -2.13. The van der Waals surface area contributed by atoms with Crippen molar-refractivity contribution < 1.29 is 0 Å². The minimum absolute atomic E-state index is 0.592. The Hall–Kier alpha value is -1.57. The van der Waals surface area contributed by atoms with Gasteiger partial charge in [-0.15, -0.1) is 0 Å². The Kier molecular flexibility index (Phi) is 2.35. The fourth-order valence-electron chi connectivity index (χ4n) is 1.67. The highest BCUT2D eigenvalue weighted by atomic mass is 14.7. The average Bonchev–Trinajstić information content (AvgIpc) is 2.18. The van der Waals surface area contributed by atoms with E-state index in [1.54, 1.807) is 6.20 Å². The molecule has 1 aliphatic rings. The first-order valence-corrected chi connectivity index (χ1v) is 4.85. The second-order valence-electron chi connectivity index (χ2n) is 3.70. The number of hydrogen-bond acceptors (Lipinski definition) is 2. The van der Waals surface area contributed by atoms with Crippen molar-refractivity contribution in [1.82, 2.24) is 4.98 Å². The van der Waals surface area contributed by atoms with Gasteiger partial charge in [0.1, 0.15) is 0 Å². The van der Waals surface area contributed by atoms with Crippen LogP contribution in [0.2, 0.25) is 0 Å². The lowest BCUT2D eigenvalue weighted by atomic mass is 9.94. The quantitative estimate of drug-likeness (QED) is 0.732. The molecule has 14 heavy (non-hydrogen) atoms. The summed E-state index contributed by atoms with van der Waals surface area (Å²) in [5.41, 5.74) is 8.90. The minimum Gasteiger partial charge on any atom is -0.398 e. The predicted molar refractivity (Wildman–Crippen MR) is 59.5 cm³/mol. The number of anilines is 1. The first-order chi connectivity index (χ1) is 6.77. The molecular weight excluding hydrogens is 172 g/mol. The number of aromatic nitrogens is 1. The molecule has 0 aromatic carbocycles. The molecule has 1 aromatic rings. The third-order valence-electron chi connectivity index (χ3n) is 2.44. The summed E-state index contributed by atoms with van der Waals surface area (Å²) in [5.74, 6) is 0.592. The molecule has 1 heterocycles. The van der Waals surface area contributed by atoms with Crippen LogP contribution in [0.5, 0.6) is 0 Å². The van der Waals surface area contributed by atoms with Gasteiger partial charge >= 0.3 is 0 Å². The van der Waals surface area contributed by atoms with Gasteiger partial charge in [0.05, 0.1) is 0 Å². The van der Waals surface area contributed by atoms with E-state index in [4.69, 9.17) is 5.73 Å². The summed E-state index contributed by atoms with van der Waals surface area (Å²) in [7, 11) is 0. The highest BCUT2D eigenvalue weighted by Gasteiger charge is 2.08. The van der Waals surface area contributed by atoms with Gasteiger partial charge in [-0.2, -0.15) is 0 Å². The van der Waals surface area contributed by atoms with Crippen LogP contribution in [0.3, 0.4) is 0 Å². The molecule has 0 saturated carbocycles. The van der Waals surface area contributed by atoms with Gasteiger partial charge in [-0.1, -0.05) is 25.2 Å². The maximum absolute atomic E-state index is 5.88. The molecule has 1 aliphatic carbocycles. The molecule has 0 aliphatic heterocycles. The summed E-state index contributed by atoms with van der Waals surface area (Å²) in [6.07, 6.45) is 11.2. The summed E-state index contributed by atoms with van der Waals surface area (Å²) >= 11 is 0. The summed E-state index contributed by atoms with van der Waals surface area (Å²) < 4.78 is 0.